The van der Waals surface area contributed by atoms with Crippen LogP contribution in [0.25, 0.3) is 0 Å². The van der Waals surface area contributed by atoms with E-state index in [2.05, 4.69) is 27.4 Å². The van der Waals surface area contributed by atoms with Crippen molar-refractivity contribution in [2.75, 3.05) is 7.05 Å². The fourth-order valence-electron chi connectivity index (χ4n) is 1.77. The molecule has 0 saturated carbocycles. The van der Waals surface area contributed by atoms with Crippen LogP contribution in [0.4, 0.5) is 0 Å². The molecule has 3 nitrogen and oxygen atoms in total. The van der Waals surface area contributed by atoms with Crippen LogP contribution in [0.1, 0.15) is 23.1 Å². The summed E-state index contributed by atoms with van der Waals surface area (Å²) < 4.78 is 0. The average molecular weight is 213 g/mol. The molecule has 0 aliphatic carbocycles. The minimum absolute atomic E-state index is 0.128. The van der Waals surface area contributed by atoms with Crippen molar-refractivity contribution < 1.29 is 0 Å². The van der Waals surface area contributed by atoms with E-state index in [1.807, 2.05) is 38.2 Å². The molecule has 1 aromatic heterocycles. The van der Waals surface area contributed by atoms with Gasteiger partial charge in [-0.3, -0.25) is 0 Å². The Labute approximate surface area is 95.6 Å². The van der Waals surface area contributed by atoms with Gasteiger partial charge in [0.25, 0.3) is 0 Å². The summed E-state index contributed by atoms with van der Waals surface area (Å²) in [5, 5.41) is 3.27. The second-order valence-electron chi connectivity index (χ2n) is 3.66. The molecule has 0 aliphatic heterocycles. The predicted molar refractivity (Wildman–Crippen MR) is 64.1 cm³/mol. The zero-order valence-corrected chi connectivity index (χ0v) is 9.51. The first-order valence-corrected chi connectivity index (χ1v) is 5.33. The van der Waals surface area contributed by atoms with Crippen molar-refractivity contribution in [1.29, 1.82) is 0 Å². The second kappa shape index (κ2) is 4.86. The van der Waals surface area contributed by atoms with E-state index in [1.165, 1.54) is 5.56 Å². The Morgan fingerprint density at radius 1 is 1.12 bits per heavy atom. The Bertz CT molecular complexity index is 454. The van der Waals surface area contributed by atoms with Crippen molar-refractivity contribution in [3.63, 3.8) is 0 Å². The predicted octanol–water partition coefficient (Wildman–Crippen LogP) is 2.09. The molecule has 3 heteroatoms. The molecule has 2 aromatic rings. The minimum Gasteiger partial charge on any atom is -0.308 e. The third-order valence-electron chi connectivity index (χ3n) is 2.51. The topological polar surface area (TPSA) is 37.8 Å². The van der Waals surface area contributed by atoms with Gasteiger partial charge in [-0.1, -0.05) is 30.3 Å². The fourth-order valence-corrected chi connectivity index (χ4v) is 1.77. The van der Waals surface area contributed by atoms with Crippen molar-refractivity contribution in [2.45, 2.75) is 13.0 Å². The van der Waals surface area contributed by atoms with Gasteiger partial charge in [0, 0.05) is 6.20 Å². The fraction of sp³-hybridized carbons (Fsp3) is 0.231. The van der Waals surface area contributed by atoms with Gasteiger partial charge in [-0.05, 0) is 25.6 Å². The van der Waals surface area contributed by atoms with Crippen LogP contribution < -0.4 is 5.32 Å². The maximum absolute atomic E-state index is 4.45. The summed E-state index contributed by atoms with van der Waals surface area (Å²) in [7, 11) is 1.94. The molecule has 0 spiro atoms. The van der Waals surface area contributed by atoms with Crippen LogP contribution >= 0.6 is 0 Å². The summed E-state index contributed by atoms with van der Waals surface area (Å²) >= 11 is 0. The minimum atomic E-state index is 0.128. The highest BCUT2D eigenvalue weighted by Gasteiger charge is 2.12. The Balaban J connectivity index is 2.37. The van der Waals surface area contributed by atoms with Gasteiger partial charge in [-0.15, -0.1) is 0 Å². The van der Waals surface area contributed by atoms with Crippen LogP contribution in [0.15, 0.2) is 42.6 Å². The molecular formula is C13H15N3. The van der Waals surface area contributed by atoms with Gasteiger partial charge in [-0.25, -0.2) is 9.97 Å². The molecule has 0 aliphatic rings. The van der Waals surface area contributed by atoms with E-state index in [4.69, 9.17) is 0 Å². The van der Waals surface area contributed by atoms with Crippen LogP contribution in [0, 0.1) is 6.92 Å². The molecule has 1 heterocycles. The first-order valence-electron chi connectivity index (χ1n) is 5.33. The number of nitrogens with zero attached hydrogens (tertiary/aromatic N) is 2. The first-order chi connectivity index (χ1) is 7.81. The molecular weight excluding hydrogens is 198 g/mol. The van der Waals surface area contributed by atoms with E-state index in [9.17, 15) is 0 Å². The standard InChI is InChI=1S/C13H15N3/c1-10-15-9-8-12(16-10)13(14-2)11-6-4-3-5-7-11/h3-9,13-14H,1-2H3. The molecule has 0 radical (unpaired) electrons. The number of benzene rings is 1. The summed E-state index contributed by atoms with van der Waals surface area (Å²) in [6.45, 7) is 1.90. The highest BCUT2D eigenvalue weighted by atomic mass is 14.9. The number of nitrogens with one attached hydrogen (secondary N) is 1. The molecule has 0 fully saturated rings. The summed E-state index contributed by atoms with van der Waals surface area (Å²) in [5.41, 5.74) is 2.21. The van der Waals surface area contributed by atoms with Gasteiger partial charge in [0.1, 0.15) is 5.82 Å². The van der Waals surface area contributed by atoms with Crippen LogP contribution in [0.2, 0.25) is 0 Å². The molecule has 1 atom stereocenters. The van der Waals surface area contributed by atoms with Crippen LogP contribution in [0.3, 0.4) is 0 Å². The number of hydrogen-bond acceptors (Lipinski definition) is 3. The monoisotopic (exact) mass is 213 g/mol. The third-order valence-corrected chi connectivity index (χ3v) is 2.51. The van der Waals surface area contributed by atoms with Gasteiger partial charge in [-0.2, -0.15) is 0 Å². The molecule has 2 rings (SSSR count). The van der Waals surface area contributed by atoms with Crippen molar-refractivity contribution in [2.24, 2.45) is 0 Å². The molecule has 1 aromatic carbocycles. The zero-order chi connectivity index (χ0) is 11.4. The molecule has 1 N–H and O–H groups in total. The van der Waals surface area contributed by atoms with E-state index in [0.29, 0.717) is 0 Å². The zero-order valence-electron chi connectivity index (χ0n) is 9.51. The lowest BCUT2D eigenvalue weighted by molar-refractivity contribution is 0.664. The van der Waals surface area contributed by atoms with Crippen LogP contribution in [-0.4, -0.2) is 17.0 Å². The normalized spacial score (nSPS) is 12.4. The summed E-state index contributed by atoms with van der Waals surface area (Å²) in [4.78, 5) is 8.56. The van der Waals surface area contributed by atoms with Crippen LogP contribution in [0.5, 0.6) is 0 Å². The molecule has 0 amide bonds. The molecule has 82 valence electrons. The van der Waals surface area contributed by atoms with E-state index in [-0.39, 0.29) is 6.04 Å². The van der Waals surface area contributed by atoms with Gasteiger partial charge >= 0.3 is 0 Å². The lowest BCUT2D eigenvalue weighted by Crippen LogP contribution is -2.19. The summed E-state index contributed by atoms with van der Waals surface area (Å²) in [6, 6.07) is 12.4. The largest absolute Gasteiger partial charge is 0.308 e. The molecule has 0 saturated heterocycles. The Morgan fingerprint density at radius 3 is 2.50 bits per heavy atom. The molecule has 16 heavy (non-hydrogen) atoms. The van der Waals surface area contributed by atoms with E-state index < -0.39 is 0 Å². The highest BCUT2D eigenvalue weighted by Crippen LogP contribution is 2.18. The van der Waals surface area contributed by atoms with Crippen molar-refractivity contribution in [3.05, 3.63) is 59.7 Å². The van der Waals surface area contributed by atoms with Gasteiger partial charge in [0.15, 0.2) is 0 Å². The Kier molecular flexibility index (Phi) is 3.27. The van der Waals surface area contributed by atoms with Gasteiger partial charge in [0.2, 0.25) is 0 Å². The average Bonchev–Trinajstić information content (AvgIpc) is 2.31. The highest BCUT2D eigenvalue weighted by molar-refractivity contribution is 5.27. The second-order valence-corrected chi connectivity index (χ2v) is 3.66. The first kappa shape index (κ1) is 10.8. The van der Waals surface area contributed by atoms with E-state index in [0.717, 1.165) is 11.5 Å². The summed E-state index contributed by atoms with van der Waals surface area (Å²) in [6.07, 6.45) is 1.80. The van der Waals surface area contributed by atoms with Gasteiger partial charge < -0.3 is 5.32 Å². The smallest absolute Gasteiger partial charge is 0.125 e. The lowest BCUT2D eigenvalue weighted by atomic mass is 10.0. The van der Waals surface area contributed by atoms with Crippen LogP contribution in [-0.2, 0) is 0 Å². The third kappa shape index (κ3) is 2.25. The maximum atomic E-state index is 4.45. The maximum Gasteiger partial charge on any atom is 0.125 e. The number of aromatic nitrogens is 2. The Morgan fingerprint density at radius 2 is 1.88 bits per heavy atom. The van der Waals surface area contributed by atoms with Gasteiger partial charge in [0.05, 0.1) is 11.7 Å². The lowest BCUT2D eigenvalue weighted by Gasteiger charge is -2.16. The molecule has 0 bridgehead atoms. The van der Waals surface area contributed by atoms with Crippen molar-refractivity contribution >= 4 is 0 Å². The number of aryl methyl sites for hydroxylation is 1. The van der Waals surface area contributed by atoms with Crippen molar-refractivity contribution in [1.82, 2.24) is 15.3 Å². The number of rotatable bonds is 3. The van der Waals surface area contributed by atoms with E-state index >= 15 is 0 Å². The quantitative estimate of drug-likeness (QED) is 0.848. The SMILES string of the molecule is CNC(c1ccccc1)c1ccnc(C)n1. The molecule has 1 unspecified atom stereocenters. The number of hydrogen-bond donors (Lipinski definition) is 1. The van der Waals surface area contributed by atoms with E-state index in [1.54, 1.807) is 6.20 Å². The van der Waals surface area contributed by atoms with Crippen molar-refractivity contribution in [3.8, 4) is 0 Å². The Hall–Kier alpha value is -1.74. The summed E-state index contributed by atoms with van der Waals surface area (Å²) in [5.74, 6) is 0.800.